The minimum Gasteiger partial charge on any atom is -0.380 e. The molecule has 8 heteroatoms. The molecule has 6 nitrogen and oxygen atoms in total. The van der Waals surface area contributed by atoms with E-state index in [-0.39, 0.29) is 17.7 Å². The molecule has 164 valence electrons. The van der Waals surface area contributed by atoms with Crippen molar-refractivity contribution in [2.45, 2.75) is 45.8 Å². The number of aryl methyl sites for hydroxylation is 1. The van der Waals surface area contributed by atoms with E-state index in [1.165, 1.54) is 6.07 Å². The number of alkyl halides is 2. The smallest absolute Gasteiger partial charge is 0.264 e. The lowest BCUT2D eigenvalue weighted by atomic mass is 9.97. The van der Waals surface area contributed by atoms with Crippen molar-refractivity contribution in [1.29, 1.82) is 0 Å². The number of ether oxygens (including phenoxy) is 1. The van der Waals surface area contributed by atoms with Gasteiger partial charge in [-0.3, -0.25) is 4.98 Å². The Bertz CT molecular complexity index is 1090. The van der Waals surface area contributed by atoms with E-state index in [0.717, 1.165) is 47.4 Å². The SMILES string of the molecule is CO[C@H]1CCN(c2cnc3c(C)nnc(N[C@H](C)c4cccc(C(F)F)c4C)c3c2)C1. The van der Waals surface area contributed by atoms with Crippen molar-refractivity contribution in [2.24, 2.45) is 0 Å². The standard InChI is InChI=1S/C23H27F2N5O/c1-13-18(6-5-7-19(13)22(24)25)14(2)27-23-20-10-16(30-9-8-17(12-30)31-4)11-26-21(20)15(3)28-29-23/h5-7,10-11,14,17,22H,8-9,12H2,1-4H3,(H,27,29)/t14-,17+/m1/s1. The molecule has 3 aromatic rings. The molecule has 4 rings (SSSR count). The van der Waals surface area contributed by atoms with Crippen LogP contribution in [-0.4, -0.2) is 41.5 Å². The van der Waals surface area contributed by atoms with E-state index in [1.807, 2.05) is 26.1 Å². The van der Waals surface area contributed by atoms with E-state index in [0.29, 0.717) is 11.4 Å². The van der Waals surface area contributed by atoms with Gasteiger partial charge in [-0.05, 0) is 44.4 Å². The number of hydrogen-bond donors (Lipinski definition) is 1. The zero-order valence-corrected chi connectivity index (χ0v) is 18.2. The number of methoxy groups -OCH3 is 1. The van der Waals surface area contributed by atoms with Crippen molar-refractivity contribution in [1.82, 2.24) is 15.2 Å². The lowest BCUT2D eigenvalue weighted by Crippen LogP contribution is -2.22. The lowest BCUT2D eigenvalue weighted by molar-refractivity contribution is 0.121. The van der Waals surface area contributed by atoms with Gasteiger partial charge >= 0.3 is 0 Å². The van der Waals surface area contributed by atoms with Crippen LogP contribution in [0.25, 0.3) is 10.9 Å². The van der Waals surface area contributed by atoms with Crippen LogP contribution in [0, 0.1) is 13.8 Å². The highest BCUT2D eigenvalue weighted by atomic mass is 19.3. The fourth-order valence-corrected chi connectivity index (χ4v) is 4.24. The summed E-state index contributed by atoms with van der Waals surface area (Å²) in [7, 11) is 1.74. The number of aromatic nitrogens is 3. The second-order valence-corrected chi connectivity index (χ2v) is 8.04. The van der Waals surface area contributed by atoms with Crippen LogP contribution in [0.2, 0.25) is 0 Å². The van der Waals surface area contributed by atoms with Crippen LogP contribution in [0.1, 0.15) is 48.2 Å². The van der Waals surface area contributed by atoms with Gasteiger partial charge in [-0.2, -0.15) is 5.10 Å². The largest absolute Gasteiger partial charge is 0.380 e. The molecular formula is C23H27F2N5O. The Hall–Kier alpha value is -2.87. The summed E-state index contributed by atoms with van der Waals surface area (Å²) in [5.41, 5.74) is 3.96. The summed E-state index contributed by atoms with van der Waals surface area (Å²) < 4.78 is 32.1. The van der Waals surface area contributed by atoms with Gasteiger partial charge in [0.1, 0.15) is 0 Å². The van der Waals surface area contributed by atoms with Gasteiger partial charge in [-0.1, -0.05) is 18.2 Å². The highest BCUT2D eigenvalue weighted by Crippen LogP contribution is 2.32. The first-order valence-corrected chi connectivity index (χ1v) is 10.4. The topological polar surface area (TPSA) is 63.2 Å². The van der Waals surface area contributed by atoms with Crippen LogP contribution < -0.4 is 10.2 Å². The van der Waals surface area contributed by atoms with Gasteiger partial charge in [0.05, 0.1) is 35.2 Å². The highest BCUT2D eigenvalue weighted by molar-refractivity contribution is 5.92. The molecule has 1 saturated heterocycles. The third kappa shape index (κ3) is 4.17. The minimum atomic E-state index is -2.50. The Morgan fingerprint density at radius 2 is 1.97 bits per heavy atom. The quantitative estimate of drug-likeness (QED) is 0.599. The summed E-state index contributed by atoms with van der Waals surface area (Å²) in [6.07, 6.45) is 0.550. The third-order valence-electron chi connectivity index (χ3n) is 6.09. The van der Waals surface area contributed by atoms with Crippen LogP contribution in [0.3, 0.4) is 0 Å². The zero-order valence-electron chi connectivity index (χ0n) is 18.2. The van der Waals surface area contributed by atoms with Crippen molar-refractivity contribution in [2.75, 3.05) is 30.4 Å². The van der Waals surface area contributed by atoms with Crippen molar-refractivity contribution in [3.8, 4) is 0 Å². The van der Waals surface area contributed by atoms with Crippen LogP contribution >= 0.6 is 0 Å². The fourth-order valence-electron chi connectivity index (χ4n) is 4.24. The van der Waals surface area contributed by atoms with Gasteiger partial charge in [-0.25, -0.2) is 8.78 Å². The van der Waals surface area contributed by atoms with E-state index in [4.69, 9.17) is 4.74 Å². The normalized spacial score (nSPS) is 17.5. The Morgan fingerprint density at radius 3 is 2.68 bits per heavy atom. The Kier molecular flexibility index (Phi) is 6.00. The molecule has 0 radical (unpaired) electrons. The molecule has 31 heavy (non-hydrogen) atoms. The van der Waals surface area contributed by atoms with Gasteiger partial charge in [0, 0.05) is 31.1 Å². The summed E-state index contributed by atoms with van der Waals surface area (Å²) in [5.74, 6) is 0.590. The number of halogens is 2. The maximum Gasteiger partial charge on any atom is 0.264 e. The molecule has 2 atom stereocenters. The second kappa shape index (κ2) is 8.70. The molecule has 1 fully saturated rings. The second-order valence-electron chi connectivity index (χ2n) is 8.04. The predicted molar refractivity (Wildman–Crippen MR) is 118 cm³/mol. The number of anilines is 2. The van der Waals surface area contributed by atoms with E-state index in [2.05, 4.69) is 31.5 Å². The van der Waals surface area contributed by atoms with Crippen molar-refractivity contribution >= 4 is 22.4 Å². The maximum atomic E-state index is 13.3. The number of nitrogens with one attached hydrogen (secondary N) is 1. The Balaban J connectivity index is 1.68. The molecule has 0 amide bonds. The van der Waals surface area contributed by atoms with Gasteiger partial charge in [0.15, 0.2) is 5.82 Å². The van der Waals surface area contributed by atoms with Crippen LogP contribution in [-0.2, 0) is 4.74 Å². The molecule has 0 unspecified atom stereocenters. The fraction of sp³-hybridized carbons (Fsp3) is 0.435. The van der Waals surface area contributed by atoms with Crippen LogP contribution in [0.15, 0.2) is 30.5 Å². The molecule has 0 spiro atoms. The van der Waals surface area contributed by atoms with E-state index in [9.17, 15) is 8.78 Å². The molecule has 1 aliphatic rings. The van der Waals surface area contributed by atoms with Crippen molar-refractivity contribution in [3.63, 3.8) is 0 Å². The highest BCUT2D eigenvalue weighted by Gasteiger charge is 2.24. The molecule has 0 aliphatic carbocycles. The molecule has 3 heterocycles. The van der Waals surface area contributed by atoms with Crippen LogP contribution in [0.4, 0.5) is 20.3 Å². The summed E-state index contributed by atoms with van der Waals surface area (Å²) in [6, 6.07) is 6.84. The number of pyridine rings is 1. The first kappa shape index (κ1) is 21.4. The monoisotopic (exact) mass is 427 g/mol. The first-order valence-electron chi connectivity index (χ1n) is 10.4. The molecular weight excluding hydrogens is 400 g/mol. The molecule has 1 N–H and O–H groups in total. The Morgan fingerprint density at radius 1 is 1.19 bits per heavy atom. The van der Waals surface area contributed by atoms with E-state index >= 15 is 0 Å². The summed E-state index contributed by atoms with van der Waals surface area (Å²) in [5, 5.41) is 12.8. The van der Waals surface area contributed by atoms with Crippen molar-refractivity contribution < 1.29 is 13.5 Å². The minimum absolute atomic E-state index is 0.0525. The average molecular weight is 427 g/mol. The summed E-state index contributed by atoms with van der Waals surface area (Å²) >= 11 is 0. The van der Waals surface area contributed by atoms with Gasteiger partial charge in [0.2, 0.25) is 0 Å². The summed E-state index contributed by atoms with van der Waals surface area (Å²) in [4.78, 5) is 6.90. The number of hydrogen-bond acceptors (Lipinski definition) is 6. The van der Waals surface area contributed by atoms with Gasteiger partial charge in [-0.15, -0.1) is 5.10 Å². The van der Waals surface area contributed by atoms with E-state index in [1.54, 1.807) is 20.1 Å². The molecule has 0 bridgehead atoms. The Labute approximate surface area is 180 Å². The predicted octanol–water partition coefficient (Wildman–Crippen LogP) is 4.98. The first-order chi connectivity index (χ1) is 14.9. The van der Waals surface area contributed by atoms with E-state index < -0.39 is 6.43 Å². The number of benzene rings is 1. The number of fused-ring (bicyclic) bond motifs is 1. The van der Waals surface area contributed by atoms with Crippen molar-refractivity contribution in [3.05, 3.63) is 52.8 Å². The molecule has 1 aromatic carbocycles. The summed E-state index contributed by atoms with van der Waals surface area (Å²) in [6.45, 7) is 7.27. The third-order valence-corrected chi connectivity index (χ3v) is 6.09. The number of nitrogens with zero attached hydrogens (tertiary/aromatic N) is 4. The average Bonchev–Trinajstić information content (AvgIpc) is 3.25. The van der Waals surface area contributed by atoms with Gasteiger partial charge in [0.25, 0.3) is 6.43 Å². The maximum absolute atomic E-state index is 13.3. The molecule has 2 aromatic heterocycles. The molecule has 0 saturated carbocycles. The van der Waals surface area contributed by atoms with Gasteiger partial charge < -0.3 is 15.0 Å². The lowest BCUT2D eigenvalue weighted by Gasteiger charge is -2.21. The molecule has 1 aliphatic heterocycles. The number of rotatable bonds is 6. The zero-order chi connectivity index (χ0) is 22.1. The van der Waals surface area contributed by atoms with Crippen LogP contribution in [0.5, 0.6) is 0 Å².